The number of aryl methyl sites for hydroxylation is 3. The second-order valence-electron chi connectivity index (χ2n) is 5.96. The molecule has 144 valence electrons. The van der Waals surface area contributed by atoms with Crippen LogP contribution in [0.1, 0.15) is 17.9 Å². The number of nitrogens with zero attached hydrogens (tertiary/aromatic N) is 2. The maximum Gasteiger partial charge on any atom is 0.419 e. The molecule has 11 heteroatoms. The van der Waals surface area contributed by atoms with Crippen molar-refractivity contribution in [3.63, 3.8) is 0 Å². The summed E-state index contributed by atoms with van der Waals surface area (Å²) in [6.07, 6.45) is -0.0784. The molecule has 3 rings (SSSR count). The molecule has 27 heavy (non-hydrogen) atoms. The fraction of sp³-hybridized carbons (Fsp3) is 0.312. The molecule has 0 unspecified atom stereocenters. The number of hydrogen-bond donors (Lipinski definition) is 2. The SMILES string of the molecule is Cc1noc(C)c1S(=O)(=O)NCCC(=O)Nc1ccc2oc(=O)n(C)c2c1. The first-order chi connectivity index (χ1) is 12.7. The lowest BCUT2D eigenvalue weighted by Crippen LogP contribution is -2.28. The Bertz CT molecular complexity index is 1150. The minimum Gasteiger partial charge on any atom is -0.408 e. The Labute approximate surface area is 154 Å². The van der Waals surface area contributed by atoms with Gasteiger partial charge in [-0.15, -0.1) is 0 Å². The highest BCUT2D eigenvalue weighted by molar-refractivity contribution is 7.89. The van der Waals surface area contributed by atoms with Gasteiger partial charge in [0.05, 0.1) is 5.52 Å². The fourth-order valence-corrected chi connectivity index (χ4v) is 4.01. The molecule has 2 aromatic heterocycles. The van der Waals surface area contributed by atoms with E-state index in [0.717, 1.165) is 0 Å². The Kier molecular flexibility index (Phi) is 4.89. The molecule has 2 heterocycles. The van der Waals surface area contributed by atoms with Crippen LogP contribution in [-0.2, 0) is 21.9 Å². The summed E-state index contributed by atoms with van der Waals surface area (Å²) in [5, 5.41) is 6.26. The number of fused-ring (bicyclic) bond motifs is 1. The summed E-state index contributed by atoms with van der Waals surface area (Å²) < 4.78 is 38.1. The number of amides is 1. The summed E-state index contributed by atoms with van der Waals surface area (Å²) in [6, 6.07) is 4.77. The Balaban J connectivity index is 1.62. The Morgan fingerprint density at radius 3 is 2.70 bits per heavy atom. The first-order valence-corrected chi connectivity index (χ1v) is 9.49. The van der Waals surface area contributed by atoms with Gasteiger partial charge in [-0.05, 0) is 32.0 Å². The predicted octanol–water partition coefficient (Wildman–Crippen LogP) is 1.04. The van der Waals surface area contributed by atoms with Gasteiger partial charge in [0.15, 0.2) is 11.3 Å². The van der Waals surface area contributed by atoms with Crippen LogP contribution in [0.25, 0.3) is 11.1 Å². The number of sulfonamides is 1. The highest BCUT2D eigenvalue weighted by Crippen LogP contribution is 2.19. The minimum absolute atomic E-state index is 0.0192. The lowest BCUT2D eigenvalue weighted by molar-refractivity contribution is -0.116. The zero-order valence-electron chi connectivity index (χ0n) is 14.9. The molecule has 0 aliphatic rings. The molecule has 0 fully saturated rings. The van der Waals surface area contributed by atoms with Crippen molar-refractivity contribution in [3.05, 3.63) is 40.2 Å². The summed E-state index contributed by atoms with van der Waals surface area (Å²) in [7, 11) is -2.26. The van der Waals surface area contributed by atoms with E-state index in [1.54, 1.807) is 25.2 Å². The van der Waals surface area contributed by atoms with Crippen LogP contribution in [0.2, 0.25) is 0 Å². The van der Waals surface area contributed by atoms with Crippen molar-refractivity contribution in [1.82, 2.24) is 14.4 Å². The summed E-state index contributed by atoms with van der Waals surface area (Å²) in [4.78, 5) is 23.5. The summed E-state index contributed by atoms with van der Waals surface area (Å²) >= 11 is 0. The van der Waals surface area contributed by atoms with E-state index in [4.69, 9.17) is 8.94 Å². The van der Waals surface area contributed by atoms with Crippen molar-refractivity contribution in [2.24, 2.45) is 7.05 Å². The van der Waals surface area contributed by atoms with Crippen molar-refractivity contribution < 1.29 is 22.2 Å². The number of benzene rings is 1. The standard InChI is InChI=1S/C16H18N4O6S/c1-9-15(10(2)26-19-9)27(23,24)17-7-6-14(21)18-11-4-5-13-12(8-11)20(3)16(22)25-13/h4-5,8,17H,6-7H2,1-3H3,(H,18,21). The van der Waals surface area contributed by atoms with Gasteiger partial charge in [-0.3, -0.25) is 9.36 Å². The average Bonchev–Trinajstić information content (AvgIpc) is 3.07. The maximum absolute atomic E-state index is 12.3. The van der Waals surface area contributed by atoms with Crippen molar-refractivity contribution >= 4 is 32.7 Å². The van der Waals surface area contributed by atoms with Crippen molar-refractivity contribution in [2.75, 3.05) is 11.9 Å². The summed E-state index contributed by atoms with van der Waals surface area (Å²) in [5.74, 6) is -0.699. The van der Waals surface area contributed by atoms with Crippen molar-refractivity contribution in [2.45, 2.75) is 25.2 Å². The largest absolute Gasteiger partial charge is 0.419 e. The van der Waals surface area contributed by atoms with Gasteiger partial charge in [0.1, 0.15) is 10.6 Å². The molecule has 0 atom stereocenters. The van der Waals surface area contributed by atoms with Crippen LogP contribution in [0.15, 0.2) is 36.8 Å². The third kappa shape index (κ3) is 3.78. The molecule has 0 saturated carbocycles. The number of carbonyl (C=O) groups excluding carboxylic acids is 1. The first kappa shape index (κ1) is 18.9. The number of anilines is 1. The third-order valence-corrected chi connectivity index (χ3v) is 5.66. The van der Waals surface area contributed by atoms with Crippen molar-refractivity contribution in [3.8, 4) is 0 Å². The Morgan fingerprint density at radius 1 is 1.30 bits per heavy atom. The molecule has 2 N–H and O–H groups in total. The lowest BCUT2D eigenvalue weighted by atomic mass is 10.2. The van der Waals surface area contributed by atoms with E-state index in [1.807, 2.05) is 0 Å². The molecule has 0 aliphatic carbocycles. The summed E-state index contributed by atoms with van der Waals surface area (Å²) in [6.45, 7) is 2.93. The fourth-order valence-electron chi connectivity index (χ4n) is 2.66. The van der Waals surface area contributed by atoms with Gasteiger partial charge in [0, 0.05) is 25.7 Å². The van der Waals surface area contributed by atoms with Gasteiger partial charge in [0.2, 0.25) is 15.9 Å². The predicted molar refractivity (Wildman–Crippen MR) is 95.9 cm³/mol. The van der Waals surface area contributed by atoms with Gasteiger partial charge in [0.25, 0.3) is 0 Å². The van der Waals surface area contributed by atoms with Crippen LogP contribution in [0.4, 0.5) is 5.69 Å². The summed E-state index contributed by atoms with van der Waals surface area (Å²) in [5.41, 5.74) is 1.67. The average molecular weight is 394 g/mol. The van der Waals surface area contributed by atoms with Gasteiger partial charge >= 0.3 is 5.76 Å². The second kappa shape index (κ2) is 7.00. The topological polar surface area (TPSA) is 136 Å². The number of nitrogens with one attached hydrogen (secondary N) is 2. The molecule has 3 aromatic rings. The van der Waals surface area contributed by atoms with E-state index in [9.17, 15) is 18.0 Å². The van der Waals surface area contributed by atoms with Gasteiger partial charge < -0.3 is 14.3 Å². The second-order valence-corrected chi connectivity index (χ2v) is 7.66. The van der Waals surface area contributed by atoms with Crippen molar-refractivity contribution in [1.29, 1.82) is 0 Å². The van der Waals surface area contributed by atoms with Gasteiger partial charge in [-0.1, -0.05) is 5.16 Å². The van der Waals surface area contributed by atoms with E-state index >= 15 is 0 Å². The number of carbonyl (C=O) groups is 1. The monoisotopic (exact) mass is 394 g/mol. The third-order valence-electron chi connectivity index (χ3n) is 3.96. The van der Waals surface area contributed by atoms with Crippen LogP contribution in [0.3, 0.4) is 0 Å². The van der Waals surface area contributed by atoms with E-state index in [2.05, 4.69) is 15.2 Å². The van der Waals surface area contributed by atoms with Crippen LogP contribution >= 0.6 is 0 Å². The molecule has 10 nitrogen and oxygen atoms in total. The van der Waals surface area contributed by atoms with Gasteiger partial charge in [-0.2, -0.15) is 0 Å². The van der Waals surface area contributed by atoms with Gasteiger partial charge in [-0.25, -0.2) is 17.9 Å². The van der Waals surface area contributed by atoms with Crippen LogP contribution in [0, 0.1) is 13.8 Å². The molecule has 0 saturated heterocycles. The zero-order chi connectivity index (χ0) is 19.8. The van der Waals surface area contributed by atoms with Crippen LogP contribution in [-0.4, -0.2) is 30.6 Å². The quantitative estimate of drug-likeness (QED) is 0.637. The first-order valence-electron chi connectivity index (χ1n) is 8.01. The molecular weight excluding hydrogens is 376 g/mol. The number of hydrogen-bond acceptors (Lipinski definition) is 7. The zero-order valence-corrected chi connectivity index (χ0v) is 15.7. The number of rotatable bonds is 6. The van der Waals surface area contributed by atoms with Crippen LogP contribution < -0.4 is 15.8 Å². The van der Waals surface area contributed by atoms with Crippen LogP contribution in [0.5, 0.6) is 0 Å². The molecular formula is C16H18N4O6S. The molecule has 1 amide bonds. The molecule has 0 aliphatic heterocycles. The highest BCUT2D eigenvalue weighted by atomic mass is 32.2. The molecule has 1 aromatic carbocycles. The minimum atomic E-state index is -3.82. The molecule has 0 bridgehead atoms. The van der Waals surface area contributed by atoms with E-state index in [0.29, 0.717) is 16.8 Å². The number of aromatic nitrogens is 2. The van der Waals surface area contributed by atoms with E-state index in [-0.39, 0.29) is 35.2 Å². The normalized spacial score (nSPS) is 11.8. The van der Waals surface area contributed by atoms with E-state index in [1.165, 1.54) is 18.4 Å². The molecule has 0 radical (unpaired) electrons. The molecule has 0 spiro atoms. The maximum atomic E-state index is 12.3. The Morgan fingerprint density at radius 2 is 2.04 bits per heavy atom. The number of oxazole rings is 1. The smallest absolute Gasteiger partial charge is 0.408 e. The van der Waals surface area contributed by atoms with E-state index < -0.39 is 15.8 Å². The Hall–Kier alpha value is -2.92. The lowest BCUT2D eigenvalue weighted by Gasteiger charge is -2.07. The highest BCUT2D eigenvalue weighted by Gasteiger charge is 2.23.